The third kappa shape index (κ3) is 2.12. The maximum Gasteiger partial charge on any atom is 0.273 e. The number of carbonyl (C=O) groups is 1. The van der Waals surface area contributed by atoms with Crippen molar-refractivity contribution in [2.24, 2.45) is 0 Å². The second kappa shape index (κ2) is 4.06. The number of carbonyl (C=O) groups excluding carboxylic acids is 1. The Hall–Kier alpha value is -1.68. The third-order valence-corrected chi connectivity index (χ3v) is 2.65. The van der Waals surface area contributed by atoms with Gasteiger partial charge in [-0.15, -0.1) is 0 Å². The van der Waals surface area contributed by atoms with Crippen LogP contribution in [0.1, 0.15) is 16.7 Å². The molecule has 0 aromatic heterocycles. The molecule has 2 N–H and O–H groups in total. The number of hydrogen-bond donors (Lipinski definition) is 2. The van der Waals surface area contributed by atoms with Crippen molar-refractivity contribution in [2.45, 2.75) is 13.8 Å². The van der Waals surface area contributed by atoms with E-state index in [1.807, 2.05) is 32.1 Å². The fourth-order valence-corrected chi connectivity index (χ4v) is 1.83. The van der Waals surface area contributed by atoms with Crippen molar-refractivity contribution < 1.29 is 4.79 Å². The van der Waals surface area contributed by atoms with E-state index < -0.39 is 0 Å². The molecule has 16 heavy (non-hydrogen) atoms. The molecule has 4 heteroatoms. The second-order valence-corrected chi connectivity index (χ2v) is 4.23. The summed E-state index contributed by atoms with van der Waals surface area (Å²) in [4.78, 5) is 11.4. The molecule has 1 heterocycles. The van der Waals surface area contributed by atoms with E-state index in [-0.39, 0.29) is 5.91 Å². The summed E-state index contributed by atoms with van der Waals surface area (Å²) < 4.78 is 0. The fourth-order valence-electron chi connectivity index (χ4n) is 1.63. The average Bonchev–Trinajstić information content (AvgIpc) is 2.50. The molecule has 0 radical (unpaired) electrons. The molecule has 1 amide bonds. The van der Waals surface area contributed by atoms with Gasteiger partial charge in [-0.25, -0.2) is 0 Å². The Morgan fingerprint density at radius 1 is 1.25 bits per heavy atom. The van der Waals surface area contributed by atoms with Gasteiger partial charge in [-0.2, -0.15) is 0 Å². The van der Waals surface area contributed by atoms with Gasteiger partial charge in [0.05, 0.1) is 0 Å². The summed E-state index contributed by atoms with van der Waals surface area (Å²) in [6.07, 6.45) is 1.81. The summed E-state index contributed by atoms with van der Waals surface area (Å²) in [7, 11) is 0. The number of rotatable bonds is 1. The molecular weight excluding hydrogens is 220 g/mol. The molecule has 0 unspecified atom stereocenters. The highest BCUT2D eigenvalue weighted by Gasteiger charge is 2.19. The Morgan fingerprint density at radius 2 is 2.00 bits per heavy atom. The first kappa shape index (κ1) is 10.8. The highest BCUT2D eigenvalue weighted by molar-refractivity contribution is 7.80. The molecular formula is C12H12N2OS. The predicted octanol–water partition coefficient (Wildman–Crippen LogP) is 1.65. The molecule has 0 spiro atoms. The standard InChI is InChI=1S/C12H12N2OS/c1-7-3-4-9(8(2)5-7)6-10-11(15)14-12(16)13-10/h3-6H,1-2H3,(H2,13,14,15,16). The molecule has 2 rings (SSSR count). The van der Waals surface area contributed by atoms with Crippen LogP contribution in [0.15, 0.2) is 23.9 Å². The summed E-state index contributed by atoms with van der Waals surface area (Å²) >= 11 is 4.86. The van der Waals surface area contributed by atoms with Crippen molar-refractivity contribution in [3.63, 3.8) is 0 Å². The van der Waals surface area contributed by atoms with Gasteiger partial charge in [0.1, 0.15) is 5.70 Å². The van der Waals surface area contributed by atoms with Crippen LogP contribution in [-0.2, 0) is 4.79 Å². The normalized spacial score (nSPS) is 17.5. The lowest BCUT2D eigenvalue weighted by atomic mass is 10.0. The first-order chi connectivity index (χ1) is 7.56. The van der Waals surface area contributed by atoms with Crippen LogP contribution in [-0.4, -0.2) is 11.0 Å². The number of nitrogens with one attached hydrogen (secondary N) is 2. The van der Waals surface area contributed by atoms with E-state index in [0.29, 0.717) is 10.8 Å². The minimum absolute atomic E-state index is 0.176. The number of benzene rings is 1. The monoisotopic (exact) mass is 232 g/mol. The van der Waals surface area contributed by atoms with Crippen molar-refractivity contribution >= 4 is 29.3 Å². The maximum atomic E-state index is 11.4. The van der Waals surface area contributed by atoms with Crippen LogP contribution in [0.4, 0.5) is 0 Å². The van der Waals surface area contributed by atoms with Crippen molar-refractivity contribution in [3.05, 3.63) is 40.6 Å². The molecule has 0 bridgehead atoms. The molecule has 1 aromatic rings. The van der Waals surface area contributed by atoms with E-state index in [0.717, 1.165) is 11.1 Å². The van der Waals surface area contributed by atoms with Crippen molar-refractivity contribution in [2.75, 3.05) is 0 Å². The molecule has 1 saturated heterocycles. The number of hydrogen-bond acceptors (Lipinski definition) is 2. The zero-order chi connectivity index (χ0) is 11.7. The quantitative estimate of drug-likeness (QED) is 0.571. The molecule has 1 fully saturated rings. The highest BCUT2D eigenvalue weighted by Crippen LogP contribution is 2.14. The minimum atomic E-state index is -0.176. The summed E-state index contributed by atoms with van der Waals surface area (Å²) in [5.74, 6) is -0.176. The van der Waals surface area contributed by atoms with Crippen LogP contribution in [0.3, 0.4) is 0 Å². The van der Waals surface area contributed by atoms with E-state index in [1.54, 1.807) is 0 Å². The highest BCUT2D eigenvalue weighted by atomic mass is 32.1. The Labute approximate surface area is 99.5 Å². The smallest absolute Gasteiger partial charge is 0.273 e. The van der Waals surface area contributed by atoms with Crippen LogP contribution < -0.4 is 10.6 Å². The predicted molar refractivity (Wildman–Crippen MR) is 67.8 cm³/mol. The van der Waals surface area contributed by atoms with E-state index in [9.17, 15) is 4.79 Å². The Kier molecular flexibility index (Phi) is 2.75. The molecule has 0 saturated carbocycles. The van der Waals surface area contributed by atoms with Gasteiger partial charge >= 0.3 is 0 Å². The van der Waals surface area contributed by atoms with Gasteiger partial charge in [0.2, 0.25) is 0 Å². The number of aryl methyl sites for hydroxylation is 2. The van der Waals surface area contributed by atoms with Crippen LogP contribution in [0, 0.1) is 13.8 Å². The number of thiocarbonyl (C=S) groups is 1. The lowest BCUT2D eigenvalue weighted by Gasteiger charge is -2.02. The maximum absolute atomic E-state index is 11.4. The molecule has 1 aliphatic heterocycles. The zero-order valence-electron chi connectivity index (χ0n) is 9.13. The topological polar surface area (TPSA) is 41.1 Å². The van der Waals surface area contributed by atoms with E-state index in [1.165, 1.54) is 5.56 Å². The van der Waals surface area contributed by atoms with Crippen molar-refractivity contribution in [3.8, 4) is 0 Å². The molecule has 0 aliphatic carbocycles. The van der Waals surface area contributed by atoms with E-state index in [4.69, 9.17) is 12.2 Å². The Balaban J connectivity index is 2.36. The largest absolute Gasteiger partial charge is 0.328 e. The zero-order valence-corrected chi connectivity index (χ0v) is 9.94. The number of amides is 1. The summed E-state index contributed by atoms with van der Waals surface area (Å²) in [6.45, 7) is 4.06. The minimum Gasteiger partial charge on any atom is -0.328 e. The van der Waals surface area contributed by atoms with Crippen molar-refractivity contribution in [1.29, 1.82) is 0 Å². The molecule has 1 aliphatic rings. The van der Waals surface area contributed by atoms with Gasteiger partial charge in [-0.1, -0.05) is 23.8 Å². The van der Waals surface area contributed by atoms with Crippen LogP contribution in [0.25, 0.3) is 6.08 Å². The first-order valence-corrected chi connectivity index (χ1v) is 5.38. The first-order valence-electron chi connectivity index (χ1n) is 4.97. The van der Waals surface area contributed by atoms with Gasteiger partial charge in [0, 0.05) is 0 Å². The third-order valence-electron chi connectivity index (χ3n) is 2.45. The summed E-state index contributed by atoms with van der Waals surface area (Å²) in [5, 5.41) is 5.72. The Bertz CT molecular complexity index is 506. The van der Waals surface area contributed by atoms with Crippen molar-refractivity contribution in [1.82, 2.24) is 10.6 Å². The van der Waals surface area contributed by atoms with E-state index >= 15 is 0 Å². The van der Waals surface area contributed by atoms with Gasteiger partial charge < -0.3 is 5.32 Å². The van der Waals surface area contributed by atoms with Crippen LogP contribution in [0.2, 0.25) is 0 Å². The van der Waals surface area contributed by atoms with Crippen LogP contribution in [0.5, 0.6) is 0 Å². The molecule has 3 nitrogen and oxygen atoms in total. The lowest BCUT2D eigenvalue weighted by Crippen LogP contribution is -2.21. The van der Waals surface area contributed by atoms with Gasteiger partial charge in [-0.05, 0) is 43.3 Å². The Morgan fingerprint density at radius 3 is 2.56 bits per heavy atom. The molecule has 0 atom stereocenters. The fraction of sp³-hybridized carbons (Fsp3) is 0.167. The summed E-state index contributed by atoms with van der Waals surface area (Å²) in [6, 6.07) is 6.09. The lowest BCUT2D eigenvalue weighted by molar-refractivity contribution is -0.115. The van der Waals surface area contributed by atoms with Gasteiger partial charge in [-0.3, -0.25) is 10.1 Å². The van der Waals surface area contributed by atoms with Gasteiger partial charge in [0.15, 0.2) is 5.11 Å². The van der Waals surface area contributed by atoms with Crippen LogP contribution >= 0.6 is 12.2 Å². The SMILES string of the molecule is Cc1ccc(C=C2NC(=S)NC2=O)c(C)c1. The molecule has 1 aromatic carbocycles. The average molecular weight is 232 g/mol. The van der Waals surface area contributed by atoms with Gasteiger partial charge in [0.25, 0.3) is 5.91 Å². The second-order valence-electron chi connectivity index (χ2n) is 3.83. The van der Waals surface area contributed by atoms with E-state index in [2.05, 4.69) is 16.7 Å². The summed E-state index contributed by atoms with van der Waals surface area (Å²) in [5.41, 5.74) is 3.86. The molecule has 82 valence electrons.